The Kier molecular flexibility index (Phi) is 4.85. The highest BCUT2D eigenvalue weighted by atomic mass is 79.9. The van der Waals surface area contributed by atoms with Crippen LogP contribution in [0.5, 0.6) is 0 Å². The maximum absolute atomic E-state index is 13.5. The first kappa shape index (κ1) is 20.2. The summed E-state index contributed by atoms with van der Waals surface area (Å²) in [5.41, 5.74) is 0. The van der Waals surface area contributed by atoms with E-state index in [1.807, 2.05) is 0 Å². The van der Waals surface area contributed by atoms with E-state index < -0.39 is 53.9 Å². The third kappa shape index (κ3) is 3.53. The van der Waals surface area contributed by atoms with Crippen molar-refractivity contribution in [2.45, 2.75) is 29.1 Å². The van der Waals surface area contributed by atoms with Gasteiger partial charge >= 0.3 is 0 Å². The molecule has 0 spiro atoms. The van der Waals surface area contributed by atoms with Gasteiger partial charge in [0, 0.05) is 21.0 Å². The van der Waals surface area contributed by atoms with E-state index >= 15 is 0 Å². The van der Waals surface area contributed by atoms with Crippen LogP contribution in [-0.2, 0) is 29.7 Å². The third-order valence-corrected chi connectivity index (χ3v) is 12.0. The fourth-order valence-electron chi connectivity index (χ4n) is 4.14. The number of nitrogens with one attached hydrogen (secondary N) is 1. The zero-order valence-corrected chi connectivity index (χ0v) is 19.4. The van der Waals surface area contributed by atoms with E-state index in [0.29, 0.717) is 8.95 Å². The van der Waals surface area contributed by atoms with Gasteiger partial charge in [-0.2, -0.15) is 4.31 Å². The highest BCUT2D eigenvalue weighted by Crippen LogP contribution is 2.38. The minimum atomic E-state index is -4.14. The number of hydrogen-bond acceptors (Lipinski definition) is 7. The second-order valence-electron chi connectivity index (χ2n) is 7.08. The first-order valence-corrected chi connectivity index (χ1v) is 14.7. The van der Waals surface area contributed by atoms with Crippen LogP contribution in [0.25, 0.3) is 0 Å². The Morgan fingerprint density at radius 2 is 1.44 bits per heavy atom. The highest BCUT2D eigenvalue weighted by Gasteiger charge is 2.57. The minimum absolute atomic E-state index is 0.0233. The van der Waals surface area contributed by atoms with Crippen LogP contribution in [0.1, 0.15) is 0 Å². The summed E-state index contributed by atoms with van der Waals surface area (Å²) in [6.07, 6.45) is 0. The van der Waals surface area contributed by atoms with Crippen molar-refractivity contribution in [3.63, 3.8) is 0 Å². The van der Waals surface area contributed by atoms with E-state index in [2.05, 4.69) is 37.2 Å². The van der Waals surface area contributed by atoms with Crippen molar-refractivity contribution in [3.8, 4) is 0 Å². The topological polar surface area (TPSA) is 118 Å². The first-order valence-electron chi connectivity index (χ1n) is 8.05. The number of sulfonamides is 1. The van der Waals surface area contributed by atoms with Crippen molar-refractivity contribution in [3.05, 3.63) is 27.1 Å². The molecule has 0 unspecified atom stereocenters. The molecule has 0 saturated carbocycles. The predicted molar refractivity (Wildman–Crippen MR) is 106 cm³/mol. The van der Waals surface area contributed by atoms with Gasteiger partial charge in [0.05, 0.1) is 40.0 Å². The monoisotopic (exact) mass is 562 g/mol. The van der Waals surface area contributed by atoms with E-state index in [4.69, 9.17) is 0 Å². The summed E-state index contributed by atoms with van der Waals surface area (Å²) in [6, 6.07) is 1.77. The van der Waals surface area contributed by atoms with Crippen LogP contribution >= 0.6 is 31.9 Å². The van der Waals surface area contributed by atoms with Crippen LogP contribution in [0, 0.1) is 0 Å². The van der Waals surface area contributed by atoms with Crippen LogP contribution in [0.15, 0.2) is 32.0 Å². The highest BCUT2D eigenvalue weighted by molar-refractivity contribution is 9.11. The molecule has 150 valence electrons. The van der Waals surface area contributed by atoms with Crippen LogP contribution in [0.2, 0.25) is 0 Å². The molecule has 8 nitrogen and oxygen atoms in total. The van der Waals surface area contributed by atoms with E-state index in [1.165, 1.54) is 6.07 Å². The lowest BCUT2D eigenvalue weighted by Gasteiger charge is -2.43. The number of nitrogens with zero attached hydrogens (tertiary/aromatic N) is 1. The van der Waals surface area contributed by atoms with Crippen LogP contribution in [-0.4, -0.2) is 76.7 Å². The van der Waals surface area contributed by atoms with Crippen LogP contribution in [0.4, 0.5) is 0 Å². The Bertz CT molecular complexity index is 1070. The Morgan fingerprint density at radius 1 is 0.926 bits per heavy atom. The summed E-state index contributed by atoms with van der Waals surface area (Å²) < 4.78 is 77.8. The van der Waals surface area contributed by atoms with Crippen molar-refractivity contribution in [1.82, 2.24) is 9.62 Å². The minimum Gasteiger partial charge on any atom is -0.306 e. The van der Waals surface area contributed by atoms with Gasteiger partial charge in [-0.1, -0.05) is 15.9 Å². The fraction of sp³-hybridized carbons (Fsp3) is 0.571. The van der Waals surface area contributed by atoms with Crippen molar-refractivity contribution >= 4 is 61.6 Å². The summed E-state index contributed by atoms with van der Waals surface area (Å²) in [6.45, 7) is 0. The number of hydrogen-bond donors (Lipinski definition) is 1. The summed E-state index contributed by atoms with van der Waals surface area (Å²) >= 11 is 6.50. The van der Waals surface area contributed by atoms with Crippen molar-refractivity contribution in [2.75, 3.05) is 23.0 Å². The summed E-state index contributed by atoms with van der Waals surface area (Å²) in [5.74, 6) is -1.04. The van der Waals surface area contributed by atoms with Gasteiger partial charge in [0.2, 0.25) is 10.0 Å². The maximum atomic E-state index is 13.5. The van der Waals surface area contributed by atoms with Crippen molar-refractivity contribution in [1.29, 1.82) is 0 Å². The lowest BCUT2D eigenvalue weighted by atomic mass is 10.0. The predicted octanol–water partition coefficient (Wildman–Crippen LogP) is 0.137. The molecule has 0 aromatic heterocycles. The van der Waals surface area contributed by atoms with Crippen LogP contribution in [0.3, 0.4) is 0 Å². The molecule has 1 aromatic carbocycles. The molecule has 3 fully saturated rings. The molecule has 3 heterocycles. The molecule has 0 aliphatic carbocycles. The average Bonchev–Trinajstić information content (AvgIpc) is 2.98. The van der Waals surface area contributed by atoms with E-state index in [-0.39, 0.29) is 27.9 Å². The number of sulfone groups is 2. The van der Waals surface area contributed by atoms with E-state index in [0.717, 1.165) is 4.31 Å². The van der Waals surface area contributed by atoms with Crippen LogP contribution < -0.4 is 5.32 Å². The van der Waals surface area contributed by atoms with Crippen molar-refractivity contribution in [2.24, 2.45) is 0 Å². The van der Waals surface area contributed by atoms with Gasteiger partial charge in [-0.25, -0.2) is 25.3 Å². The smallest absolute Gasteiger partial charge is 0.244 e. The molecule has 4 atom stereocenters. The lowest BCUT2D eigenvalue weighted by Crippen LogP contribution is -2.67. The molecule has 0 radical (unpaired) electrons. The van der Waals surface area contributed by atoms with Gasteiger partial charge in [-0.05, 0) is 34.1 Å². The molecular weight excluding hydrogens is 548 g/mol. The SMILES string of the molecule is O=S1(=O)C[C@@H]2N[C@@H]3CS(=O)(=O)C[C@H]3N(S(=O)(=O)c3cc(Br)ccc3Br)[C@@H]2C1. The van der Waals surface area contributed by atoms with Gasteiger partial charge in [0.1, 0.15) is 0 Å². The first-order chi connectivity index (χ1) is 12.4. The molecule has 0 bridgehead atoms. The molecule has 27 heavy (non-hydrogen) atoms. The molecule has 13 heteroatoms. The fourth-order valence-corrected chi connectivity index (χ4v) is 11.5. The van der Waals surface area contributed by atoms with Gasteiger partial charge in [-0.15, -0.1) is 0 Å². The molecule has 0 amide bonds. The molecule has 3 aliphatic heterocycles. The molecule has 4 rings (SSSR count). The summed E-state index contributed by atoms with van der Waals surface area (Å²) in [4.78, 5) is -0.0233. The zero-order chi connectivity index (χ0) is 19.8. The molecule has 3 saturated heterocycles. The Balaban J connectivity index is 1.87. The maximum Gasteiger partial charge on any atom is 0.244 e. The van der Waals surface area contributed by atoms with Gasteiger partial charge < -0.3 is 5.32 Å². The van der Waals surface area contributed by atoms with E-state index in [9.17, 15) is 25.3 Å². The number of piperazine rings is 1. The second kappa shape index (κ2) is 6.47. The quantitative estimate of drug-likeness (QED) is 0.543. The van der Waals surface area contributed by atoms with Gasteiger partial charge in [0.15, 0.2) is 19.7 Å². The van der Waals surface area contributed by atoms with Gasteiger partial charge in [-0.3, -0.25) is 0 Å². The molecule has 1 N–H and O–H groups in total. The molecule has 1 aromatic rings. The summed E-state index contributed by atoms with van der Waals surface area (Å²) in [5, 5.41) is 3.08. The number of benzene rings is 1. The number of halogens is 2. The van der Waals surface area contributed by atoms with Gasteiger partial charge in [0.25, 0.3) is 0 Å². The second-order valence-corrected chi connectivity index (χ2v) is 15.0. The third-order valence-electron chi connectivity index (χ3n) is 5.18. The lowest BCUT2D eigenvalue weighted by molar-refractivity contribution is 0.160. The standard InChI is InChI=1S/C14H16Br2N2O6S3/c15-8-1-2-9(16)14(3-8)27(23,24)18-12-6-25(19,20)4-10(12)17-11-5-26(21,22)7-13(11)18/h1-3,10-13,17H,4-7H2/t10-,11+,12-,13-/m1/s1. The number of fused-ring (bicyclic) bond motifs is 2. The Morgan fingerprint density at radius 3 is 1.96 bits per heavy atom. The number of rotatable bonds is 2. The molecular formula is C14H16Br2N2O6S3. The Hall–Kier alpha value is -0.0500. The van der Waals surface area contributed by atoms with E-state index in [1.54, 1.807) is 12.1 Å². The van der Waals surface area contributed by atoms with Crippen molar-refractivity contribution < 1.29 is 25.3 Å². The normalized spacial score (nSPS) is 34.9. The largest absolute Gasteiger partial charge is 0.306 e. The summed E-state index contributed by atoms with van der Waals surface area (Å²) in [7, 11) is -11.0. The Labute approximate surface area is 174 Å². The molecule has 3 aliphatic rings. The zero-order valence-electron chi connectivity index (χ0n) is 13.7. The average molecular weight is 564 g/mol.